The van der Waals surface area contributed by atoms with Crippen LogP contribution in [0.1, 0.15) is 5.69 Å². The van der Waals surface area contributed by atoms with Crippen molar-refractivity contribution < 1.29 is 9.13 Å². The molecule has 0 saturated heterocycles. The fourth-order valence-corrected chi connectivity index (χ4v) is 1.35. The summed E-state index contributed by atoms with van der Waals surface area (Å²) >= 11 is 5.61. The lowest BCUT2D eigenvalue weighted by molar-refractivity contribution is 0.425. The van der Waals surface area contributed by atoms with E-state index in [1.165, 1.54) is 24.5 Å². The van der Waals surface area contributed by atoms with E-state index >= 15 is 0 Å². The van der Waals surface area contributed by atoms with Crippen LogP contribution in [0, 0.1) is 11.2 Å². The van der Waals surface area contributed by atoms with Crippen LogP contribution in [0.5, 0.6) is 11.6 Å². The van der Waals surface area contributed by atoms with Gasteiger partial charge in [0.05, 0.1) is 17.4 Å². The highest BCUT2D eigenvalue weighted by molar-refractivity contribution is 6.30. The van der Waals surface area contributed by atoms with Crippen LogP contribution in [0.2, 0.25) is 5.02 Å². The van der Waals surface area contributed by atoms with Crippen LogP contribution in [-0.2, 0) is 0 Å². The maximum absolute atomic E-state index is 13.5. The number of aromatic nitrogens is 2. The Bertz CT molecular complexity index is 588. The lowest BCUT2D eigenvalue weighted by atomic mass is 10.3. The van der Waals surface area contributed by atoms with Gasteiger partial charge in [0.15, 0.2) is 11.6 Å². The summed E-state index contributed by atoms with van der Waals surface area (Å²) in [5.41, 5.74) is 5.44. The summed E-state index contributed by atoms with van der Waals surface area (Å²) in [5, 5.41) is 7.11. The number of halogens is 2. The molecule has 7 heteroatoms. The Morgan fingerprint density at radius 1 is 1.33 bits per heavy atom. The van der Waals surface area contributed by atoms with Gasteiger partial charge in [-0.15, -0.1) is 0 Å². The zero-order chi connectivity index (χ0) is 13.1. The molecule has 2 aromatic rings. The summed E-state index contributed by atoms with van der Waals surface area (Å²) in [7, 11) is 0. The van der Waals surface area contributed by atoms with Gasteiger partial charge in [-0.25, -0.2) is 14.4 Å². The lowest BCUT2D eigenvalue weighted by Crippen LogP contribution is -2.13. The molecule has 0 saturated carbocycles. The van der Waals surface area contributed by atoms with E-state index in [0.717, 1.165) is 0 Å². The van der Waals surface area contributed by atoms with Crippen molar-refractivity contribution in [2.45, 2.75) is 0 Å². The first-order valence-electron chi connectivity index (χ1n) is 4.86. The molecule has 3 N–H and O–H groups in total. The van der Waals surface area contributed by atoms with Crippen LogP contribution in [0.25, 0.3) is 0 Å². The third kappa shape index (κ3) is 2.54. The summed E-state index contributed by atoms with van der Waals surface area (Å²) < 4.78 is 18.7. The maximum Gasteiger partial charge on any atom is 0.238 e. The highest BCUT2D eigenvalue weighted by Gasteiger charge is 2.09. The fourth-order valence-electron chi connectivity index (χ4n) is 1.18. The van der Waals surface area contributed by atoms with Gasteiger partial charge in [0.25, 0.3) is 0 Å². The number of nitrogens with zero attached hydrogens (tertiary/aromatic N) is 2. The van der Waals surface area contributed by atoms with Gasteiger partial charge in [0, 0.05) is 0 Å². The SMILES string of the molecule is N=C(N)c1cnc(Oc2cccc(Cl)c2F)cn1. The van der Waals surface area contributed by atoms with Gasteiger partial charge < -0.3 is 10.5 Å². The van der Waals surface area contributed by atoms with E-state index < -0.39 is 5.82 Å². The van der Waals surface area contributed by atoms with E-state index in [0.29, 0.717) is 0 Å². The molecule has 0 fully saturated rings. The van der Waals surface area contributed by atoms with Crippen LogP contribution in [0.15, 0.2) is 30.6 Å². The summed E-state index contributed by atoms with van der Waals surface area (Å²) in [6.07, 6.45) is 2.51. The number of nitrogen functional groups attached to an aromatic ring is 1. The molecule has 0 aliphatic rings. The number of amidine groups is 1. The molecule has 0 radical (unpaired) electrons. The van der Waals surface area contributed by atoms with Crippen LogP contribution >= 0.6 is 11.6 Å². The Balaban J connectivity index is 2.24. The van der Waals surface area contributed by atoms with Gasteiger partial charge in [-0.3, -0.25) is 5.41 Å². The van der Waals surface area contributed by atoms with Crippen LogP contribution in [0.3, 0.4) is 0 Å². The molecule has 1 aromatic carbocycles. The van der Waals surface area contributed by atoms with Crippen LogP contribution in [0.4, 0.5) is 4.39 Å². The van der Waals surface area contributed by atoms with Gasteiger partial charge in [-0.1, -0.05) is 17.7 Å². The molecule has 0 spiro atoms. The first kappa shape index (κ1) is 12.3. The van der Waals surface area contributed by atoms with Crippen LogP contribution in [-0.4, -0.2) is 15.8 Å². The zero-order valence-electron chi connectivity index (χ0n) is 9.02. The Morgan fingerprint density at radius 2 is 2.11 bits per heavy atom. The highest BCUT2D eigenvalue weighted by atomic mass is 35.5. The van der Waals surface area contributed by atoms with Crippen LogP contribution < -0.4 is 10.5 Å². The first-order chi connectivity index (χ1) is 8.58. The van der Waals surface area contributed by atoms with Crippen molar-refractivity contribution in [2.75, 3.05) is 0 Å². The minimum Gasteiger partial charge on any atom is -0.434 e. The van der Waals surface area contributed by atoms with Crippen molar-refractivity contribution >= 4 is 17.4 Å². The Labute approximate surface area is 107 Å². The molecule has 0 amide bonds. The second-order valence-electron chi connectivity index (χ2n) is 3.31. The van der Waals surface area contributed by atoms with E-state index in [-0.39, 0.29) is 28.2 Å². The van der Waals surface area contributed by atoms with Gasteiger partial charge in [-0.2, -0.15) is 0 Å². The smallest absolute Gasteiger partial charge is 0.238 e. The van der Waals surface area contributed by atoms with Crippen molar-refractivity contribution in [1.29, 1.82) is 5.41 Å². The first-order valence-corrected chi connectivity index (χ1v) is 5.24. The van der Waals surface area contributed by atoms with Gasteiger partial charge in [0.1, 0.15) is 11.5 Å². The molecule has 5 nitrogen and oxygen atoms in total. The van der Waals surface area contributed by atoms with E-state index in [9.17, 15) is 4.39 Å². The molecule has 0 bridgehead atoms. The highest BCUT2D eigenvalue weighted by Crippen LogP contribution is 2.27. The largest absolute Gasteiger partial charge is 0.434 e. The normalized spacial score (nSPS) is 10.1. The molecule has 1 aromatic heterocycles. The number of rotatable bonds is 3. The van der Waals surface area contributed by atoms with Crippen molar-refractivity contribution in [2.24, 2.45) is 5.73 Å². The summed E-state index contributed by atoms with van der Waals surface area (Å²) in [6.45, 7) is 0. The molecule has 18 heavy (non-hydrogen) atoms. The minimum atomic E-state index is -0.670. The number of benzene rings is 1. The molecular weight excluding hydrogens is 259 g/mol. The number of ether oxygens (including phenoxy) is 1. The van der Waals surface area contributed by atoms with E-state index in [4.69, 9.17) is 27.5 Å². The zero-order valence-corrected chi connectivity index (χ0v) is 9.78. The maximum atomic E-state index is 13.5. The fraction of sp³-hybridized carbons (Fsp3) is 0. The number of hydrogen-bond acceptors (Lipinski definition) is 4. The monoisotopic (exact) mass is 266 g/mol. The molecule has 0 aliphatic carbocycles. The summed E-state index contributed by atoms with van der Waals surface area (Å²) in [6, 6.07) is 4.38. The van der Waals surface area contributed by atoms with E-state index in [1.54, 1.807) is 6.07 Å². The van der Waals surface area contributed by atoms with Crippen molar-refractivity contribution in [1.82, 2.24) is 9.97 Å². The Morgan fingerprint density at radius 3 is 2.72 bits per heavy atom. The molecule has 0 unspecified atom stereocenters. The predicted molar refractivity (Wildman–Crippen MR) is 64.5 cm³/mol. The van der Waals surface area contributed by atoms with Gasteiger partial charge in [-0.05, 0) is 12.1 Å². The quantitative estimate of drug-likeness (QED) is 0.660. The van der Waals surface area contributed by atoms with Crippen molar-refractivity contribution in [3.63, 3.8) is 0 Å². The second kappa shape index (κ2) is 4.97. The minimum absolute atomic E-state index is 0.0409. The Hall–Kier alpha value is -2.21. The molecule has 2 rings (SSSR count). The van der Waals surface area contributed by atoms with Crippen molar-refractivity contribution in [3.05, 3.63) is 47.1 Å². The standard InChI is InChI=1S/C11H8ClFN4O/c12-6-2-1-3-8(10(6)13)18-9-5-16-7(4-17-9)11(14)15/h1-5H,(H3,14,15). The van der Waals surface area contributed by atoms with Crippen molar-refractivity contribution in [3.8, 4) is 11.6 Å². The summed E-state index contributed by atoms with van der Waals surface area (Å²) in [4.78, 5) is 7.68. The molecular formula is C11H8ClFN4O. The molecule has 1 heterocycles. The number of hydrogen-bond donors (Lipinski definition) is 2. The third-order valence-corrected chi connectivity index (χ3v) is 2.33. The second-order valence-corrected chi connectivity index (χ2v) is 3.71. The van der Waals surface area contributed by atoms with E-state index in [1.807, 2.05) is 0 Å². The summed E-state index contributed by atoms with van der Waals surface area (Å²) in [5.74, 6) is -0.840. The topological polar surface area (TPSA) is 84.9 Å². The van der Waals surface area contributed by atoms with E-state index in [2.05, 4.69) is 9.97 Å². The lowest BCUT2D eigenvalue weighted by Gasteiger charge is -2.06. The van der Waals surface area contributed by atoms with Gasteiger partial charge >= 0.3 is 0 Å². The third-order valence-electron chi connectivity index (χ3n) is 2.03. The number of nitrogens with two attached hydrogens (primary N) is 1. The number of nitrogens with one attached hydrogen (secondary N) is 1. The predicted octanol–water partition coefficient (Wildman–Crippen LogP) is 2.35. The molecule has 92 valence electrons. The molecule has 0 aliphatic heterocycles. The average molecular weight is 267 g/mol. The molecule has 0 atom stereocenters. The average Bonchev–Trinajstić information content (AvgIpc) is 2.36. The van der Waals surface area contributed by atoms with Gasteiger partial charge in [0.2, 0.25) is 5.88 Å². The Kier molecular flexibility index (Phi) is 3.38.